The van der Waals surface area contributed by atoms with Gasteiger partial charge in [0.15, 0.2) is 6.04 Å². The molecule has 2 heterocycles. The van der Waals surface area contributed by atoms with Gasteiger partial charge in [-0.2, -0.15) is 0 Å². The average molecular weight is 353 g/mol. The van der Waals surface area contributed by atoms with Gasteiger partial charge in [-0.25, -0.2) is 4.79 Å². The Morgan fingerprint density at radius 2 is 1.92 bits per heavy atom. The summed E-state index contributed by atoms with van der Waals surface area (Å²) in [5.41, 5.74) is 10.0. The second-order valence-electron chi connectivity index (χ2n) is 5.89. The molecule has 1 aromatic heterocycles. The maximum Gasteiger partial charge on any atom is 0.315 e. The molecule has 1 saturated heterocycles. The summed E-state index contributed by atoms with van der Waals surface area (Å²) in [6, 6.07) is 2.09. The molecule has 1 aliphatic rings. The summed E-state index contributed by atoms with van der Waals surface area (Å²) in [5, 5.41) is 6.94. The van der Waals surface area contributed by atoms with E-state index in [9.17, 15) is 14.4 Å². The molecule has 0 bridgehead atoms. The molecule has 8 nitrogen and oxygen atoms in total. The number of nitrogens with one attached hydrogen (secondary N) is 2. The summed E-state index contributed by atoms with van der Waals surface area (Å²) in [4.78, 5) is 37.5. The Morgan fingerprint density at radius 3 is 2.46 bits per heavy atom. The van der Waals surface area contributed by atoms with E-state index in [1.807, 2.05) is 0 Å². The van der Waals surface area contributed by atoms with Gasteiger partial charge in [-0.05, 0) is 43.3 Å². The molecular weight excluding hydrogens is 330 g/mol. The number of carbonyl (C=O) groups excluding carboxylic acids is 3. The number of hydrogen-bond donors (Lipinski definition) is 4. The minimum absolute atomic E-state index is 0.371. The molecule has 0 atom stereocenters. The number of hydrogen-bond acceptors (Lipinski definition) is 5. The fourth-order valence-electron chi connectivity index (χ4n) is 2.67. The topological polar surface area (TPSA) is 131 Å². The summed E-state index contributed by atoms with van der Waals surface area (Å²) >= 11 is 1.76. The summed E-state index contributed by atoms with van der Waals surface area (Å²) < 4.78 is 0. The van der Waals surface area contributed by atoms with Crippen LogP contribution >= 0.6 is 11.3 Å². The summed E-state index contributed by atoms with van der Waals surface area (Å²) in [5.74, 6) is -1.57. The van der Waals surface area contributed by atoms with Gasteiger partial charge >= 0.3 is 6.03 Å². The molecule has 1 aromatic rings. The lowest BCUT2D eigenvalue weighted by Crippen LogP contribution is -2.55. The van der Waals surface area contributed by atoms with Crippen molar-refractivity contribution in [1.82, 2.24) is 15.5 Å². The van der Waals surface area contributed by atoms with Crippen LogP contribution in [-0.4, -0.2) is 48.4 Å². The molecule has 1 fully saturated rings. The maximum atomic E-state index is 11.7. The minimum Gasteiger partial charge on any atom is -0.367 e. The van der Waals surface area contributed by atoms with Crippen LogP contribution in [0.15, 0.2) is 17.5 Å². The third kappa shape index (κ3) is 5.50. The lowest BCUT2D eigenvalue weighted by Gasteiger charge is -2.31. The molecule has 0 saturated carbocycles. The van der Waals surface area contributed by atoms with E-state index in [1.54, 1.807) is 11.3 Å². The number of amides is 4. The zero-order chi connectivity index (χ0) is 17.5. The number of urea groups is 1. The Bertz CT molecular complexity index is 556. The number of thiophene rings is 1. The predicted molar refractivity (Wildman–Crippen MR) is 91.0 cm³/mol. The highest BCUT2D eigenvalue weighted by Crippen LogP contribution is 2.20. The first-order chi connectivity index (χ1) is 11.5. The van der Waals surface area contributed by atoms with Crippen LogP contribution in [0.5, 0.6) is 0 Å². The zero-order valence-electron chi connectivity index (χ0n) is 13.4. The third-order valence-corrected chi connectivity index (χ3v) is 4.92. The van der Waals surface area contributed by atoms with Crippen LogP contribution in [0.25, 0.3) is 0 Å². The van der Waals surface area contributed by atoms with Gasteiger partial charge in [-0.15, -0.1) is 11.3 Å². The van der Waals surface area contributed by atoms with Crippen molar-refractivity contribution in [3.05, 3.63) is 22.4 Å². The van der Waals surface area contributed by atoms with E-state index in [2.05, 4.69) is 33.0 Å². The number of rotatable bonds is 7. The standard InChI is InChI=1S/C15H23N5O3S/c16-13(21)12(14(17)22)19-15(23)18-8-10-3-5-20(6-4-10)9-11-2-1-7-24-11/h1-2,7,10,12H,3-6,8-9H2,(H2,16,21)(H2,17,22)(H2,18,19,23). The van der Waals surface area contributed by atoms with Gasteiger partial charge in [-0.1, -0.05) is 6.07 Å². The number of primary amides is 2. The molecule has 0 unspecified atom stereocenters. The largest absolute Gasteiger partial charge is 0.367 e. The maximum absolute atomic E-state index is 11.7. The van der Waals surface area contributed by atoms with Crippen molar-refractivity contribution in [1.29, 1.82) is 0 Å². The molecule has 0 aromatic carbocycles. The molecule has 132 valence electrons. The van der Waals surface area contributed by atoms with Crippen LogP contribution in [0.3, 0.4) is 0 Å². The fraction of sp³-hybridized carbons (Fsp3) is 0.533. The molecular formula is C15H23N5O3S. The first kappa shape index (κ1) is 18.2. The number of carbonyl (C=O) groups is 3. The second-order valence-corrected chi connectivity index (χ2v) is 6.92. The predicted octanol–water partition coefficient (Wildman–Crippen LogP) is -0.401. The minimum atomic E-state index is -1.49. The van der Waals surface area contributed by atoms with E-state index in [-0.39, 0.29) is 0 Å². The first-order valence-electron chi connectivity index (χ1n) is 7.83. The Morgan fingerprint density at radius 1 is 1.25 bits per heavy atom. The third-order valence-electron chi connectivity index (χ3n) is 4.06. The van der Waals surface area contributed by atoms with Crippen molar-refractivity contribution in [2.24, 2.45) is 17.4 Å². The van der Waals surface area contributed by atoms with E-state index in [0.717, 1.165) is 32.5 Å². The number of likely N-dealkylation sites (tertiary alicyclic amines) is 1. The smallest absolute Gasteiger partial charge is 0.315 e. The zero-order valence-corrected chi connectivity index (χ0v) is 14.2. The van der Waals surface area contributed by atoms with Gasteiger partial charge in [0, 0.05) is 18.0 Å². The highest BCUT2D eigenvalue weighted by Gasteiger charge is 2.25. The van der Waals surface area contributed by atoms with Crippen molar-refractivity contribution < 1.29 is 14.4 Å². The van der Waals surface area contributed by atoms with Gasteiger partial charge in [0.1, 0.15) is 0 Å². The van der Waals surface area contributed by atoms with Gasteiger partial charge in [-0.3, -0.25) is 14.5 Å². The molecule has 4 amide bonds. The number of nitrogens with zero attached hydrogens (tertiary/aromatic N) is 1. The summed E-state index contributed by atoms with van der Waals surface area (Å²) in [7, 11) is 0. The van der Waals surface area contributed by atoms with Crippen LogP contribution in [0.1, 0.15) is 17.7 Å². The highest BCUT2D eigenvalue weighted by molar-refractivity contribution is 7.09. The summed E-state index contributed by atoms with van der Waals surface area (Å²) in [6.07, 6.45) is 1.97. The van der Waals surface area contributed by atoms with E-state index in [0.29, 0.717) is 12.5 Å². The molecule has 2 rings (SSSR count). The van der Waals surface area contributed by atoms with Gasteiger partial charge in [0.25, 0.3) is 0 Å². The van der Waals surface area contributed by atoms with Crippen LogP contribution < -0.4 is 22.1 Å². The van der Waals surface area contributed by atoms with Crippen molar-refractivity contribution in [3.63, 3.8) is 0 Å². The van der Waals surface area contributed by atoms with E-state index in [4.69, 9.17) is 11.5 Å². The first-order valence-corrected chi connectivity index (χ1v) is 8.71. The van der Waals surface area contributed by atoms with Crippen molar-refractivity contribution in [2.75, 3.05) is 19.6 Å². The van der Waals surface area contributed by atoms with Gasteiger partial charge in [0.05, 0.1) is 0 Å². The quantitative estimate of drug-likeness (QED) is 0.497. The highest BCUT2D eigenvalue weighted by atomic mass is 32.1. The van der Waals surface area contributed by atoms with Gasteiger partial charge in [0.2, 0.25) is 11.8 Å². The molecule has 24 heavy (non-hydrogen) atoms. The molecule has 9 heteroatoms. The molecule has 6 N–H and O–H groups in total. The lowest BCUT2D eigenvalue weighted by atomic mass is 9.97. The molecule has 0 radical (unpaired) electrons. The van der Waals surface area contributed by atoms with Crippen molar-refractivity contribution in [2.45, 2.75) is 25.4 Å². The Balaban J connectivity index is 1.67. The van der Waals surface area contributed by atoms with E-state index < -0.39 is 23.9 Å². The number of nitrogens with two attached hydrogens (primary N) is 2. The normalized spacial score (nSPS) is 16.0. The Kier molecular flexibility index (Phi) is 6.56. The van der Waals surface area contributed by atoms with Crippen molar-refractivity contribution >= 4 is 29.2 Å². The Hall–Kier alpha value is -2.13. The Labute approximate surface area is 144 Å². The van der Waals surface area contributed by atoms with Crippen LogP contribution in [0, 0.1) is 5.92 Å². The monoisotopic (exact) mass is 353 g/mol. The van der Waals surface area contributed by atoms with Crippen LogP contribution in [0.4, 0.5) is 4.79 Å². The fourth-order valence-corrected chi connectivity index (χ4v) is 3.42. The molecule has 0 spiro atoms. The SMILES string of the molecule is NC(=O)C(NC(=O)NCC1CCN(Cc2cccs2)CC1)C(N)=O. The van der Waals surface area contributed by atoms with E-state index >= 15 is 0 Å². The van der Waals surface area contributed by atoms with Gasteiger partial charge < -0.3 is 22.1 Å². The molecule has 0 aliphatic carbocycles. The average Bonchev–Trinajstić information content (AvgIpc) is 3.04. The number of piperidine rings is 1. The summed E-state index contributed by atoms with van der Waals surface area (Å²) in [6.45, 7) is 3.42. The van der Waals surface area contributed by atoms with Crippen molar-refractivity contribution in [3.8, 4) is 0 Å². The van der Waals surface area contributed by atoms with Crippen LogP contribution in [-0.2, 0) is 16.1 Å². The van der Waals surface area contributed by atoms with E-state index in [1.165, 1.54) is 4.88 Å². The second kappa shape index (κ2) is 8.65. The lowest BCUT2D eigenvalue weighted by molar-refractivity contribution is -0.128. The molecule has 1 aliphatic heterocycles. The van der Waals surface area contributed by atoms with Crippen LogP contribution in [0.2, 0.25) is 0 Å².